The van der Waals surface area contributed by atoms with Gasteiger partial charge in [-0.2, -0.15) is 9.97 Å². The molecule has 18 heavy (non-hydrogen) atoms. The fourth-order valence-electron chi connectivity index (χ4n) is 2.35. The van der Waals surface area contributed by atoms with Crippen LogP contribution in [0.25, 0.3) is 0 Å². The zero-order chi connectivity index (χ0) is 12.5. The van der Waals surface area contributed by atoms with Crippen molar-refractivity contribution in [1.29, 1.82) is 0 Å². The predicted molar refractivity (Wildman–Crippen MR) is 72.6 cm³/mol. The number of benzene rings is 1. The second-order valence-corrected chi connectivity index (χ2v) is 4.50. The van der Waals surface area contributed by atoms with Crippen LogP contribution in [0.15, 0.2) is 24.3 Å². The van der Waals surface area contributed by atoms with Crippen molar-refractivity contribution in [3.63, 3.8) is 0 Å². The van der Waals surface area contributed by atoms with Crippen molar-refractivity contribution in [2.24, 2.45) is 0 Å². The van der Waals surface area contributed by atoms with Crippen LogP contribution >= 0.6 is 0 Å². The molecule has 0 spiro atoms. The van der Waals surface area contributed by atoms with Crippen LogP contribution in [0, 0.1) is 0 Å². The number of nitrogens with zero attached hydrogens (tertiary/aromatic N) is 2. The molecule has 0 aliphatic heterocycles. The largest absolute Gasteiger partial charge is 0.383 e. The topological polar surface area (TPSA) is 89.8 Å². The standard InChI is InChI=1S/C13H15N5/c14-11-7-12(18-13(15)17-11)16-10-5-4-8-2-1-3-9(8)6-10/h4-7H,1-3H2,(H5,14,15,16,17,18). The van der Waals surface area contributed by atoms with Crippen molar-refractivity contribution in [1.82, 2.24) is 9.97 Å². The molecule has 0 radical (unpaired) electrons. The van der Waals surface area contributed by atoms with Gasteiger partial charge in [0.15, 0.2) is 0 Å². The average Bonchev–Trinajstić information content (AvgIpc) is 2.74. The molecule has 0 saturated heterocycles. The van der Waals surface area contributed by atoms with Gasteiger partial charge in [-0.3, -0.25) is 0 Å². The summed E-state index contributed by atoms with van der Waals surface area (Å²) in [4.78, 5) is 7.94. The lowest BCUT2D eigenvalue weighted by Gasteiger charge is -2.08. The molecule has 0 bridgehead atoms. The summed E-state index contributed by atoms with van der Waals surface area (Å²) >= 11 is 0. The Morgan fingerprint density at radius 1 is 1.00 bits per heavy atom. The highest BCUT2D eigenvalue weighted by molar-refractivity contribution is 5.61. The van der Waals surface area contributed by atoms with Crippen molar-refractivity contribution in [2.45, 2.75) is 19.3 Å². The van der Waals surface area contributed by atoms with E-state index in [1.165, 1.54) is 24.0 Å². The minimum atomic E-state index is 0.179. The van der Waals surface area contributed by atoms with Gasteiger partial charge in [-0.25, -0.2) is 0 Å². The first-order valence-corrected chi connectivity index (χ1v) is 5.99. The second kappa shape index (κ2) is 4.18. The SMILES string of the molecule is Nc1cc(Nc2ccc3c(c2)CCC3)nc(N)n1. The van der Waals surface area contributed by atoms with Crippen molar-refractivity contribution < 1.29 is 0 Å². The summed E-state index contributed by atoms with van der Waals surface area (Å²) < 4.78 is 0. The summed E-state index contributed by atoms with van der Waals surface area (Å²) in [6.45, 7) is 0. The van der Waals surface area contributed by atoms with Crippen LogP contribution in [-0.2, 0) is 12.8 Å². The smallest absolute Gasteiger partial charge is 0.223 e. The van der Waals surface area contributed by atoms with E-state index in [4.69, 9.17) is 11.5 Å². The maximum absolute atomic E-state index is 5.63. The lowest BCUT2D eigenvalue weighted by molar-refractivity contribution is 0.912. The Hall–Kier alpha value is -2.30. The van der Waals surface area contributed by atoms with Crippen molar-refractivity contribution in [3.8, 4) is 0 Å². The molecule has 1 heterocycles. The Bertz CT molecular complexity index is 574. The Morgan fingerprint density at radius 3 is 2.67 bits per heavy atom. The van der Waals surface area contributed by atoms with Gasteiger partial charge in [-0.15, -0.1) is 0 Å². The summed E-state index contributed by atoms with van der Waals surface area (Å²) in [5.41, 5.74) is 15.1. The molecule has 0 saturated carbocycles. The van der Waals surface area contributed by atoms with Gasteiger partial charge in [-0.1, -0.05) is 6.07 Å². The number of anilines is 4. The highest BCUT2D eigenvalue weighted by Gasteiger charge is 2.11. The first-order chi connectivity index (χ1) is 8.70. The van der Waals surface area contributed by atoms with E-state index in [2.05, 4.69) is 33.5 Å². The zero-order valence-electron chi connectivity index (χ0n) is 9.98. The molecular formula is C13H15N5. The van der Waals surface area contributed by atoms with E-state index in [-0.39, 0.29) is 5.95 Å². The lowest BCUT2D eigenvalue weighted by atomic mass is 10.1. The molecule has 3 rings (SSSR count). The number of aromatic nitrogens is 2. The molecule has 1 aliphatic rings. The van der Waals surface area contributed by atoms with E-state index in [0.29, 0.717) is 11.6 Å². The van der Waals surface area contributed by atoms with Crippen LogP contribution in [0.4, 0.5) is 23.3 Å². The fourth-order valence-corrected chi connectivity index (χ4v) is 2.35. The number of aryl methyl sites for hydroxylation is 2. The maximum atomic E-state index is 5.63. The number of nitrogens with one attached hydrogen (secondary N) is 1. The third kappa shape index (κ3) is 2.07. The third-order valence-corrected chi connectivity index (χ3v) is 3.13. The predicted octanol–water partition coefficient (Wildman–Crippen LogP) is 1.87. The van der Waals surface area contributed by atoms with Crippen LogP contribution in [0.2, 0.25) is 0 Å². The van der Waals surface area contributed by atoms with E-state index in [1.54, 1.807) is 6.07 Å². The quantitative estimate of drug-likeness (QED) is 0.746. The van der Waals surface area contributed by atoms with E-state index in [0.717, 1.165) is 12.1 Å². The van der Waals surface area contributed by atoms with Crippen LogP contribution in [-0.4, -0.2) is 9.97 Å². The van der Waals surface area contributed by atoms with E-state index >= 15 is 0 Å². The Labute approximate surface area is 105 Å². The van der Waals surface area contributed by atoms with E-state index in [9.17, 15) is 0 Å². The number of hydrogen-bond donors (Lipinski definition) is 3. The monoisotopic (exact) mass is 241 g/mol. The number of nitrogens with two attached hydrogens (primary N) is 2. The number of rotatable bonds is 2. The molecule has 92 valence electrons. The van der Waals surface area contributed by atoms with Crippen molar-refractivity contribution >= 4 is 23.3 Å². The summed E-state index contributed by atoms with van der Waals surface area (Å²) in [5, 5.41) is 3.20. The van der Waals surface area contributed by atoms with Gasteiger partial charge in [0.05, 0.1) is 0 Å². The van der Waals surface area contributed by atoms with Gasteiger partial charge in [-0.05, 0) is 42.5 Å². The van der Waals surface area contributed by atoms with Crippen molar-refractivity contribution in [3.05, 3.63) is 35.4 Å². The van der Waals surface area contributed by atoms with E-state index in [1.807, 2.05) is 0 Å². The minimum absolute atomic E-state index is 0.179. The summed E-state index contributed by atoms with van der Waals surface area (Å²) in [7, 11) is 0. The first-order valence-electron chi connectivity index (χ1n) is 5.99. The minimum Gasteiger partial charge on any atom is -0.383 e. The molecule has 5 N–H and O–H groups in total. The van der Waals surface area contributed by atoms with Gasteiger partial charge < -0.3 is 16.8 Å². The van der Waals surface area contributed by atoms with Crippen LogP contribution in [0.3, 0.4) is 0 Å². The van der Waals surface area contributed by atoms with Gasteiger partial charge in [0.25, 0.3) is 0 Å². The van der Waals surface area contributed by atoms with Crippen molar-refractivity contribution in [2.75, 3.05) is 16.8 Å². The highest BCUT2D eigenvalue weighted by atomic mass is 15.1. The molecule has 0 amide bonds. The molecule has 2 aromatic rings. The molecule has 0 fully saturated rings. The molecule has 0 unspecified atom stereocenters. The third-order valence-electron chi connectivity index (χ3n) is 3.13. The van der Waals surface area contributed by atoms with Crippen LogP contribution in [0.5, 0.6) is 0 Å². The first kappa shape index (κ1) is 10.8. The maximum Gasteiger partial charge on any atom is 0.223 e. The number of fused-ring (bicyclic) bond motifs is 1. The molecule has 5 nitrogen and oxygen atoms in total. The average molecular weight is 241 g/mol. The van der Waals surface area contributed by atoms with Gasteiger partial charge in [0, 0.05) is 11.8 Å². The molecule has 0 atom stereocenters. The highest BCUT2D eigenvalue weighted by Crippen LogP contribution is 2.26. The Morgan fingerprint density at radius 2 is 1.83 bits per heavy atom. The number of nitrogen functional groups attached to an aromatic ring is 2. The molecule has 1 aromatic heterocycles. The van der Waals surface area contributed by atoms with E-state index < -0.39 is 0 Å². The molecule has 5 heteroatoms. The van der Waals surface area contributed by atoms with Gasteiger partial charge >= 0.3 is 0 Å². The zero-order valence-corrected chi connectivity index (χ0v) is 9.98. The van der Waals surface area contributed by atoms with Gasteiger partial charge in [0.2, 0.25) is 5.95 Å². The normalized spacial score (nSPS) is 13.3. The Balaban J connectivity index is 1.88. The summed E-state index contributed by atoms with van der Waals surface area (Å²) in [6, 6.07) is 8.05. The molecule has 1 aliphatic carbocycles. The summed E-state index contributed by atoms with van der Waals surface area (Å²) in [5.74, 6) is 1.17. The van der Waals surface area contributed by atoms with Crippen LogP contribution < -0.4 is 16.8 Å². The lowest BCUT2D eigenvalue weighted by Crippen LogP contribution is -2.03. The summed E-state index contributed by atoms with van der Waals surface area (Å²) in [6.07, 6.45) is 3.58. The van der Waals surface area contributed by atoms with Gasteiger partial charge in [0.1, 0.15) is 11.6 Å². The molecular weight excluding hydrogens is 226 g/mol. The Kier molecular flexibility index (Phi) is 2.51. The van der Waals surface area contributed by atoms with Crippen LogP contribution in [0.1, 0.15) is 17.5 Å². The second-order valence-electron chi connectivity index (χ2n) is 4.50. The fraction of sp³-hybridized carbons (Fsp3) is 0.231. The molecule has 1 aromatic carbocycles. The number of hydrogen-bond acceptors (Lipinski definition) is 5.